The van der Waals surface area contributed by atoms with E-state index in [1.807, 2.05) is 17.7 Å². The monoisotopic (exact) mass is 393 g/mol. The van der Waals surface area contributed by atoms with Gasteiger partial charge >= 0.3 is 0 Å². The molecule has 0 spiro atoms. The molecule has 0 saturated heterocycles. The predicted octanol–water partition coefficient (Wildman–Crippen LogP) is 6.77. The van der Waals surface area contributed by atoms with Crippen molar-refractivity contribution >= 4 is 0 Å². The fourth-order valence-corrected chi connectivity index (χ4v) is 4.85. The van der Waals surface area contributed by atoms with Crippen LogP contribution in [0.2, 0.25) is 0 Å². The summed E-state index contributed by atoms with van der Waals surface area (Å²) in [6.45, 7) is 4.59. The lowest BCUT2D eigenvalue weighted by molar-refractivity contribution is -0.660. The van der Waals surface area contributed by atoms with Gasteiger partial charge in [-0.05, 0) is 70.9 Å². The van der Waals surface area contributed by atoms with Crippen LogP contribution in [-0.4, -0.2) is 0 Å². The van der Waals surface area contributed by atoms with E-state index < -0.39 is 6.85 Å². The highest BCUT2D eigenvalue weighted by Gasteiger charge is 2.35. The van der Waals surface area contributed by atoms with Crippen LogP contribution < -0.4 is 4.57 Å². The summed E-state index contributed by atoms with van der Waals surface area (Å²) in [6.07, 6.45) is 1.71. The van der Waals surface area contributed by atoms with E-state index in [2.05, 4.69) is 81.4 Å². The molecule has 5 rings (SSSR count). The molecule has 0 radical (unpaired) electrons. The van der Waals surface area contributed by atoms with Crippen LogP contribution in [-0.2, 0) is 12.5 Å². The van der Waals surface area contributed by atoms with E-state index >= 15 is 0 Å². The number of aryl methyl sites for hydroxylation is 3. The van der Waals surface area contributed by atoms with E-state index in [4.69, 9.17) is 4.11 Å². The van der Waals surface area contributed by atoms with Gasteiger partial charge in [0.1, 0.15) is 7.05 Å². The highest BCUT2D eigenvalue weighted by Crippen LogP contribution is 2.49. The minimum atomic E-state index is -2.11. The molecule has 3 aromatic carbocycles. The highest BCUT2D eigenvalue weighted by molar-refractivity contribution is 5.84. The van der Waals surface area contributed by atoms with Crippen molar-refractivity contribution in [2.24, 2.45) is 7.05 Å². The van der Waals surface area contributed by atoms with Crippen molar-refractivity contribution in [2.45, 2.75) is 33.0 Å². The number of aromatic nitrogens is 1. The second-order valence-electron chi connectivity index (χ2n) is 8.87. The highest BCUT2D eigenvalue weighted by atomic mass is 14.9. The summed E-state index contributed by atoms with van der Waals surface area (Å²) in [5.41, 5.74) is 11.3. The Balaban J connectivity index is 1.60. The maximum absolute atomic E-state index is 7.69. The Kier molecular flexibility index (Phi) is 3.47. The van der Waals surface area contributed by atoms with Crippen LogP contribution in [0.5, 0.6) is 0 Å². The summed E-state index contributed by atoms with van der Waals surface area (Å²) in [5, 5.41) is 0. The Morgan fingerprint density at radius 3 is 2.30 bits per heavy atom. The quantitative estimate of drug-likeness (QED) is 0.331. The van der Waals surface area contributed by atoms with Crippen molar-refractivity contribution in [3.05, 3.63) is 101 Å². The Morgan fingerprint density at radius 1 is 0.767 bits per heavy atom. The first-order valence-corrected chi connectivity index (χ1v) is 10.4. The molecule has 0 N–H and O–H groups in total. The zero-order valence-electron chi connectivity index (χ0n) is 21.0. The van der Waals surface area contributed by atoms with Gasteiger partial charge in [-0.1, -0.05) is 62.4 Å². The topological polar surface area (TPSA) is 3.88 Å². The molecule has 0 saturated carbocycles. The molecular weight excluding hydrogens is 362 g/mol. The molecule has 4 aromatic rings. The number of hydrogen-bond donors (Lipinski definition) is 0. The third-order valence-corrected chi connectivity index (χ3v) is 6.56. The van der Waals surface area contributed by atoms with Gasteiger partial charge in [0.05, 0.1) is 0 Å². The van der Waals surface area contributed by atoms with Gasteiger partial charge in [-0.25, -0.2) is 4.57 Å². The lowest BCUT2D eigenvalue weighted by Gasteiger charge is -2.22. The summed E-state index contributed by atoms with van der Waals surface area (Å²) < 4.78 is 25.0. The SMILES string of the molecule is [2H]C([2H])([2H])c1ccc(-c2cc(-c3ccc4c(c3)C(C)(C)c3ccccc3-4)ccc2C)[n+](C)c1. The minimum Gasteiger partial charge on any atom is -0.201 e. The average molecular weight is 394 g/mol. The molecule has 1 heterocycles. The Bertz CT molecular complexity index is 1400. The molecule has 148 valence electrons. The van der Waals surface area contributed by atoms with Crippen molar-refractivity contribution in [3.63, 3.8) is 0 Å². The van der Waals surface area contributed by atoms with E-state index in [0.717, 1.165) is 22.4 Å². The van der Waals surface area contributed by atoms with Crippen LogP contribution in [0.15, 0.2) is 79.0 Å². The summed E-state index contributed by atoms with van der Waals surface area (Å²) in [6, 6.07) is 25.7. The predicted molar refractivity (Wildman–Crippen MR) is 126 cm³/mol. The first-order chi connectivity index (χ1) is 15.6. The fourth-order valence-electron chi connectivity index (χ4n) is 4.85. The number of nitrogens with zero attached hydrogens (tertiary/aromatic N) is 1. The first-order valence-electron chi connectivity index (χ1n) is 11.9. The third-order valence-electron chi connectivity index (χ3n) is 6.56. The van der Waals surface area contributed by atoms with Crippen LogP contribution >= 0.6 is 0 Å². The Hall–Kier alpha value is -3.19. The number of fused-ring (bicyclic) bond motifs is 3. The largest absolute Gasteiger partial charge is 0.212 e. The number of rotatable bonds is 2. The summed E-state index contributed by atoms with van der Waals surface area (Å²) in [4.78, 5) is 0. The van der Waals surface area contributed by atoms with Crippen molar-refractivity contribution in [1.82, 2.24) is 0 Å². The van der Waals surface area contributed by atoms with E-state index in [1.54, 1.807) is 12.3 Å². The number of benzene rings is 3. The van der Waals surface area contributed by atoms with Crippen LogP contribution in [0.3, 0.4) is 0 Å². The zero-order valence-corrected chi connectivity index (χ0v) is 18.0. The van der Waals surface area contributed by atoms with E-state index in [9.17, 15) is 0 Å². The zero-order chi connectivity index (χ0) is 23.5. The molecule has 30 heavy (non-hydrogen) atoms. The van der Waals surface area contributed by atoms with Gasteiger partial charge in [0.15, 0.2) is 6.20 Å². The van der Waals surface area contributed by atoms with Crippen LogP contribution in [0, 0.1) is 13.8 Å². The van der Waals surface area contributed by atoms with Crippen molar-refractivity contribution in [3.8, 4) is 33.5 Å². The van der Waals surface area contributed by atoms with Crippen molar-refractivity contribution in [1.29, 1.82) is 0 Å². The van der Waals surface area contributed by atoms with Crippen molar-refractivity contribution < 1.29 is 8.68 Å². The van der Waals surface area contributed by atoms with Gasteiger partial charge in [0.2, 0.25) is 5.69 Å². The molecule has 1 aliphatic rings. The molecule has 0 bridgehead atoms. The van der Waals surface area contributed by atoms with Gasteiger partial charge in [-0.3, -0.25) is 0 Å². The molecule has 1 nitrogen and oxygen atoms in total. The van der Waals surface area contributed by atoms with Crippen LogP contribution in [0.4, 0.5) is 0 Å². The maximum atomic E-state index is 7.69. The molecule has 1 aliphatic carbocycles. The van der Waals surface area contributed by atoms with Gasteiger partial charge in [0, 0.05) is 26.7 Å². The van der Waals surface area contributed by atoms with Crippen LogP contribution in [0.25, 0.3) is 33.5 Å². The average Bonchev–Trinajstić information content (AvgIpc) is 3.01. The molecule has 0 unspecified atom stereocenters. The molecule has 1 heteroatoms. The molecule has 0 atom stereocenters. The molecule has 1 aromatic heterocycles. The van der Waals surface area contributed by atoms with Gasteiger partial charge < -0.3 is 0 Å². The van der Waals surface area contributed by atoms with Gasteiger partial charge in [-0.15, -0.1) is 0 Å². The molecule has 0 aliphatic heterocycles. The molecule has 0 amide bonds. The third kappa shape index (κ3) is 2.81. The van der Waals surface area contributed by atoms with E-state index in [-0.39, 0.29) is 5.41 Å². The second kappa shape index (κ2) is 6.67. The maximum Gasteiger partial charge on any atom is 0.212 e. The van der Waals surface area contributed by atoms with Crippen LogP contribution in [0.1, 0.15) is 40.2 Å². The van der Waals surface area contributed by atoms with Gasteiger partial charge in [0.25, 0.3) is 0 Å². The summed E-state index contributed by atoms with van der Waals surface area (Å²) in [5.74, 6) is 0. The number of hydrogen-bond acceptors (Lipinski definition) is 0. The summed E-state index contributed by atoms with van der Waals surface area (Å²) in [7, 11) is 1.91. The lowest BCUT2D eigenvalue weighted by Crippen LogP contribution is -2.31. The van der Waals surface area contributed by atoms with E-state index in [1.165, 1.54) is 27.8 Å². The minimum absolute atomic E-state index is 0.0347. The molecular formula is C29H28N+. The number of pyridine rings is 1. The summed E-state index contributed by atoms with van der Waals surface area (Å²) >= 11 is 0. The second-order valence-corrected chi connectivity index (χ2v) is 8.87. The standard InChI is InChI=1S/C29H28N/c1-19-10-15-28(30(5)18-19)25-16-21(12-11-20(25)2)22-13-14-24-23-8-6-7-9-26(23)29(3,4)27(24)17-22/h6-18H,1-5H3/q+1/i1D3. The van der Waals surface area contributed by atoms with Gasteiger partial charge in [-0.2, -0.15) is 0 Å². The first kappa shape index (κ1) is 15.6. The smallest absolute Gasteiger partial charge is 0.201 e. The van der Waals surface area contributed by atoms with Crippen molar-refractivity contribution in [2.75, 3.05) is 0 Å². The molecule has 0 fully saturated rings. The fraction of sp³-hybridized carbons (Fsp3) is 0.207. The van der Waals surface area contributed by atoms with E-state index in [0.29, 0.717) is 5.56 Å². The lowest BCUT2D eigenvalue weighted by atomic mass is 9.81. The normalized spacial score (nSPS) is 15.7. The Morgan fingerprint density at radius 2 is 1.50 bits per heavy atom. The Labute approximate surface area is 183 Å².